The molecule has 2 N–H and O–H groups in total. The summed E-state index contributed by atoms with van der Waals surface area (Å²) < 4.78 is 0. The highest BCUT2D eigenvalue weighted by molar-refractivity contribution is 5.78. The first-order chi connectivity index (χ1) is 9.22. The molecule has 1 saturated heterocycles. The molecule has 1 amide bonds. The molecule has 0 aromatic carbocycles. The molecular weight excluding hydrogens is 240 g/mol. The molecule has 1 aromatic heterocycles. The standard InChI is InChI=1S/C14H22N4O/c1-15-13-6-5-11(8-17-13)9-18-7-3-4-12(10-18)14(19)16-2/h5-6,8,12H,3-4,7,9-10H2,1-2H3,(H,15,17)(H,16,19). The summed E-state index contributed by atoms with van der Waals surface area (Å²) in [6, 6.07) is 4.07. The lowest BCUT2D eigenvalue weighted by Crippen LogP contribution is -2.41. The van der Waals surface area contributed by atoms with Crippen LogP contribution in [0.15, 0.2) is 18.3 Å². The van der Waals surface area contributed by atoms with Crippen molar-refractivity contribution in [1.82, 2.24) is 15.2 Å². The minimum Gasteiger partial charge on any atom is -0.373 e. The van der Waals surface area contributed by atoms with Crippen molar-refractivity contribution in [3.05, 3.63) is 23.9 Å². The van der Waals surface area contributed by atoms with Gasteiger partial charge in [-0.2, -0.15) is 0 Å². The number of hydrogen-bond donors (Lipinski definition) is 2. The van der Waals surface area contributed by atoms with Gasteiger partial charge in [-0.25, -0.2) is 4.98 Å². The minimum absolute atomic E-state index is 0.128. The molecule has 0 bridgehead atoms. The maximum atomic E-state index is 11.7. The molecule has 0 spiro atoms. The van der Waals surface area contributed by atoms with Crippen molar-refractivity contribution in [2.45, 2.75) is 19.4 Å². The summed E-state index contributed by atoms with van der Waals surface area (Å²) in [6.45, 7) is 2.76. The van der Waals surface area contributed by atoms with Gasteiger partial charge in [0.1, 0.15) is 5.82 Å². The van der Waals surface area contributed by atoms with Crippen LogP contribution in [0.3, 0.4) is 0 Å². The Kier molecular flexibility index (Phi) is 4.74. The Hall–Kier alpha value is -1.62. The lowest BCUT2D eigenvalue weighted by Gasteiger charge is -2.31. The smallest absolute Gasteiger partial charge is 0.224 e. The Bertz CT molecular complexity index is 418. The van der Waals surface area contributed by atoms with Crippen LogP contribution < -0.4 is 10.6 Å². The Morgan fingerprint density at radius 3 is 2.95 bits per heavy atom. The number of rotatable bonds is 4. The van der Waals surface area contributed by atoms with Crippen molar-refractivity contribution in [2.24, 2.45) is 5.92 Å². The zero-order chi connectivity index (χ0) is 13.7. The van der Waals surface area contributed by atoms with E-state index < -0.39 is 0 Å². The van der Waals surface area contributed by atoms with E-state index in [1.165, 1.54) is 5.56 Å². The molecule has 19 heavy (non-hydrogen) atoms. The molecule has 0 aliphatic carbocycles. The van der Waals surface area contributed by atoms with Gasteiger partial charge in [-0.3, -0.25) is 9.69 Å². The molecule has 0 saturated carbocycles. The third kappa shape index (κ3) is 3.67. The SMILES string of the molecule is CNC(=O)C1CCCN(Cc2ccc(NC)nc2)C1. The van der Waals surface area contributed by atoms with Crippen LogP contribution in [-0.2, 0) is 11.3 Å². The summed E-state index contributed by atoms with van der Waals surface area (Å²) in [6.07, 6.45) is 3.97. The highest BCUT2D eigenvalue weighted by Crippen LogP contribution is 2.18. The maximum absolute atomic E-state index is 11.7. The number of carbonyl (C=O) groups is 1. The van der Waals surface area contributed by atoms with Crippen LogP contribution in [0.25, 0.3) is 0 Å². The van der Waals surface area contributed by atoms with Crippen molar-refractivity contribution < 1.29 is 4.79 Å². The van der Waals surface area contributed by atoms with Gasteiger partial charge in [-0.15, -0.1) is 0 Å². The highest BCUT2D eigenvalue weighted by Gasteiger charge is 2.24. The number of likely N-dealkylation sites (tertiary alicyclic amines) is 1. The first-order valence-corrected chi connectivity index (χ1v) is 6.79. The molecule has 2 rings (SSSR count). The molecule has 1 fully saturated rings. The van der Waals surface area contributed by atoms with Gasteiger partial charge in [0, 0.05) is 33.4 Å². The predicted molar refractivity (Wildman–Crippen MR) is 75.9 cm³/mol. The third-order valence-electron chi connectivity index (χ3n) is 3.61. The molecule has 1 aromatic rings. The van der Waals surface area contributed by atoms with E-state index in [0.717, 1.165) is 38.3 Å². The van der Waals surface area contributed by atoms with E-state index in [4.69, 9.17) is 0 Å². The highest BCUT2D eigenvalue weighted by atomic mass is 16.1. The summed E-state index contributed by atoms with van der Waals surface area (Å²) in [4.78, 5) is 18.3. The number of nitrogens with one attached hydrogen (secondary N) is 2. The van der Waals surface area contributed by atoms with Crippen molar-refractivity contribution >= 4 is 11.7 Å². The van der Waals surface area contributed by atoms with Gasteiger partial charge in [0.2, 0.25) is 5.91 Å². The van der Waals surface area contributed by atoms with E-state index >= 15 is 0 Å². The summed E-state index contributed by atoms with van der Waals surface area (Å²) in [5, 5.41) is 5.76. The summed E-state index contributed by atoms with van der Waals surface area (Å²) in [5.74, 6) is 1.17. The number of anilines is 1. The predicted octanol–water partition coefficient (Wildman–Crippen LogP) is 1.08. The van der Waals surface area contributed by atoms with E-state index in [1.807, 2.05) is 19.3 Å². The number of amides is 1. The van der Waals surface area contributed by atoms with E-state index in [2.05, 4.69) is 26.6 Å². The van der Waals surface area contributed by atoms with Crippen molar-refractivity contribution in [2.75, 3.05) is 32.5 Å². The van der Waals surface area contributed by atoms with Gasteiger partial charge in [-0.05, 0) is 31.0 Å². The first-order valence-electron chi connectivity index (χ1n) is 6.79. The topological polar surface area (TPSA) is 57.3 Å². The molecule has 1 atom stereocenters. The second kappa shape index (κ2) is 6.52. The maximum Gasteiger partial charge on any atom is 0.224 e. The summed E-state index contributed by atoms with van der Waals surface area (Å²) in [7, 11) is 3.57. The van der Waals surface area contributed by atoms with Crippen molar-refractivity contribution in [3.8, 4) is 0 Å². The van der Waals surface area contributed by atoms with Crippen molar-refractivity contribution in [3.63, 3.8) is 0 Å². The monoisotopic (exact) mass is 262 g/mol. The molecule has 1 unspecified atom stereocenters. The lowest BCUT2D eigenvalue weighted by molar-refractivity contribution is -0.126. The molecule has 1 aliphatic heterocycles. The molecule has 1 aliphatic rings. The lowest BCUT2D eigenvalue weighted by atomic mass is 9.97. The fourth-order valence-electron chi connectivity index (χ4n) is 2.54. The number of pyridine rings is 1. The minimum atomic E-state index is 0.128. The quantitative estimate of drug-likeness (QED) is 0.852. The third-order valence-corrected chi connectivity index (χ3v) is 3.61. The average Bonchev–Trinajstić information content (AvgIpc) is 2.47. The van der Waals surface area contributed by atoms with Gasteiger partial charge in [0.05, 0.1) is 5.92 Å². The number of nitrogens with zero attached hydrogens (tertiary/aromatic N) is 2. The van der Waals surface area contributed by atoms with Crippen molar-refractivity contribution in [1.29, 1.82) is 0 Å². The van der Waals surface area contributed by atoms with E-state index in [-0.39, 0.29) is 11.8 Å². The van der Waals surface area contributed by atoms with Gasteiger partial charge < -0.3 is 10.6 Å². The Morgan fingerprint density at radius 1 is 1.47 bits per heavy atom. The molecule has 5 nitrogen and oxygen atoms in total. The molecule has 0 radical (unpaired) electrons. The summed E-state index contributed by atoms with van der Waals surface area (Å²) in [5.41, 5.74) is 1.19. The Balaban J connectivity index is 1.92. The van der Waals surface area contributed by atoms with Crippen LogP contribution in [0, 0.1) is 5.92 Å². The fourth-order valence-corrected chi connectivity index (χ4v) is 2.54. The second-order valence-electron chi connectivity index (χ2n) is 4.99. The van der Waals surface area contributed by atoms with Crippen LogP contribution in [0.4, 0.5) is 5.82 Å². The number of aromatic nitrogens is 1. The van der Waals surface area contributed by atoms with Crippen LogP contribution in [-0.4, -0.2) is 43.0 Å². The van der Waals surface area contributed by atoms with Gasteiger partial charge >= 0.3 is 0 Å². The Morgan fingerprint density at radius 2 is 2.32 bits per heavy atom. The van der Waals surface area contributed by atoms with Crippen LogP contribution in [0.5, 0.6) is 0 Å². The fraction of sp³-hybridized carbons (Fsp3) is 0.571. The molecule has 104 valence electrons. The number of carbonyl (C=O) groups excluding carboxylic acids is 1. The van der Waals surface area contributed by atoms with Crippen LogP contribution in [0.2, 0.25) is 0 Å². The van der Waals surface area contributed by atoms with Gasteiger partial charge in [0.25, 0.3) is 0 Å². The van der Waals surface area contributed by atoms with Gasteiger partial charge in [0.15, 0.2) is 0 Å². The zero-order valence-corrected chi connectivity index (χ0v) is 11.6. The average molecular weight is 262 g/mol. The second-order valence-corrected chi connectivity index (χ2v) is 4.99. The summed E-state index contributed by atoms with van der Waals surface area (Å²) >= 11 is 0. The molecule has 5 heteroatoms. The normalized spacial score (nSPS) is 20.0. The van der Waals surface area contributed by atoms with Crippen LogP contribution in [0.1, 0.15) is 18.4 Å². The number of hydrogen-bond acceptors (Lipinski definition) is 4. The van der Waals surface area contributed by atoms with E-state index in [9.17, 15) is 4.79 Å². The van der Waals surface area contributed by atoms with E-state index in [0.29, 0.717) is 0 Å². The zero-order valence-electron chi connectivity index (χ0n) is 11.6. The molecular formula is C14H22N4O. The molecule has 2 heterocycles. The Labute approximate surface area is 114 Å². The van der Waals surface area contributed by atoms with Crippen LogP contribution >= 0.6 is 0 Å². The van der Waals surface area contributed by atoms with Gasteiger partial charge in [-0.1, -0.05) is 6.07 Å². The number of piperidine rings is 1. The first kappa shape index (κ1) is 13.8. The largest absolute Gasteiger partial charge is 0.373 e. The van der Waals surface area contributed by atoms with E-state index in [1.54, 1.807) is 7.05 Å².